The van der Waals surface area contributed by atoms with Crippen LogP contribution in [0.4, 0.5) is 0 Å². The lowest BCUT2D eigenvalue weighted by molar-refractivity contribution is 0.659. The molecule has 0 amide bonds. The zero-order chi connectivity index (χ0) is 10.6. The van der Waals surface area contributed by atoms with E-state index in [1.165, 1.54) is 5.56 Å². The number of aromatic nitrogens is 1. The molecule has 0 saturated heterocycles. The summed E-state index contributed by atoms with van der Waals surface area (Å²) in [5.74, 6) is 2.73. The highest BCUT2D eigenvalue weighted by Crippen LogP contribution is 2.16. The van der Waals surface area contributed by atoms with E-state index in [9.17, 15) is 0 Å². The second kappa shape index (κ2) is 4.78. The van der Waals surface area contributed by atoms with Gasteiger partial charge in [0, 0.05) is 17.5 Å². The average molecular weight is 188 g/mol. The SMILES string of the molecule is C#CC(NCC)c1cnc(C)cc1C. The Morgan fingerprint density at radius 1 is 1.57 bits per heavy atom. The lowest BCUT2D eigenvalue weighted by Crippen LogP contribution is -2.20. The van der Waals surface area contributed by atoms with E-state index < -0.39 is 0 Å². The first-order valence-corrected chi connectivity index (χ1v) is 4.81. The molecule has 0 spiro atoms. The van der Waals surface area contributed by atoms with Gasteiger partial charge in [-0.2, -0.15) is 0 Å². The van der Waals surface area contributed by atoms with Crippen molar-refractivity contribution in [2.75, 3.05) is 6.54 Å². The Morgan fingerprint density at radius 3 is 2.79 bits per heavy atom. The van der Waals surface area contributed by atoms with Crippen LogP contribution in [0.3, 0.4) is 0 Å². The Kier molecular flexibility index (Phi) is 3.67. The number of rotatable bonds is 3. The molecule has 1 atom stereocenters. The minimum absolute atomic E-state index is 0.0203. The van der Waals surface area contributed by atoms with Gasteiger partial charge in [-0.3, -0.25) is 4.98 Å². The van der Waals surface area contributed by atoms with E-state index in [2.05, 4.69) is 29.2 Å². The lowest BCUT2D eigenvalue weighted by atomic mass is 10.0. The minimum atomic E-state index is -0.0203. The molecule has 0 fully saturated rings. The van der Waals surface area contributed by atoms with Gasteiger partial charge in [0.2, 0.25) is 0 Å². The fraction of sp³-hybridized carbons (Fsp3) is 0.417. The zero-order valence-corrected chi connectivity index (χ0v) is 8.96. The molecule has 1 aromatic heterocycles. The Bertz CT molecular complexity index is 350. The monoisotopic (exact) mass is 188 g/mol. The van der Waals surface area contributed by atoms with Gasteiger partial charge in [-0.1, -0.05) is 12.8 Å². The van der Waals surface area contributed by atoms with Crippen LogP contribution >= 0.6 is 0 Å². The van der Waals surface area contributed by atoms with Crippen molar-refractivity contribution in [1.29, 1.82) is 0 Å². The highest BCUT2D eigenvalue weighted by atomic mass is 14.9. The largest absolute Gasteiger partial charge is 0.300 e. The Hall–Kier alpha value is -1.33. The molecule has 0 bridgehead atoms. The third-order valence-electron chi connectivity index (χ3n) is 2.17. The molecule has 0 aliphatic rings. The number of pyridine rings is 1. The van der Waals surface area contributed by atoms with Crippen LogP contribution in [-0.4, -0.2) is 11.5 Å². The Labute approximate surface area is 85.8 Å². The number of nitrogens with one attached hydrogen (secondary N) is 1. The van der Waals surface area contributed by atoms with Crippen molar-refractivity contribution in [1.82, 2.24) is 10.3 Å². The van der Waals surface area contributed by atoms with Crippen LogP contribution in [0.15, 0.2) is 12.3 Å². The average Bonchev–Trinajstić information content (AvgIpc) is 2.15. The molecule has 2 heteroatoms. The molecule has 0 radical (unpaired) electrons. The Balaban J connectivity index is 3.00. The fourth-order valence-corrected chi connectivity index (χ4v) is 1.47. The maximum absolute atomic E-state index is 5.46. The second-order valence-corrected chi connectivity index (χ2v) is 3.34. The highest BCUT2D eigenvalue weighted by Gasteiger charge is 2.09. The third-order valence-corrected chi connectivity index (χ3v) is 2.17. The molecular formula is C12H16N2. The number of aryl methyl sites for hydroxylation is 2. The molecule has 0 saturated carbocycles. The summed E-state index contributed by atoms with van der Waals surface area (Å²) >= 11 is 0. The van der Waals surface area contributed by atoms with E-state index in [1.807, 2.05) is 20.0 Å². The van der Waals surface area contributed by atoms with E-state index in [-0.39, 0.29) is 6.04 Å². The highest BCUT2D eigenvalue weighted by molar-refractivity contribution is 5.32. The molecule has 1 unspecified atom stereocenters. The van der Waals surface area contributed by atoms with Gasteiger partial charge in [0.25, 0.3) is 0 Å². The quantitative estimate of drug-likeness (QED) is 0.734. The maximum atomic E-state index is 5.46. The topological polar surface area (TPSA) is 24.9 Å². The van der Waals surface area contributed by atoms with Crippen molar-refractivity contribution < 1.29 is 0 Å². The van der Waals surface area contributed by atoms with E-state index in [0.29, 0.717) is 0 Å². The smallest absolute Gasteiger partial charge is 0.0960 e. The lowest BCUT2D eigenvalue weighted by Gasteiger charge is -2.14. The van der Waals surface area contributed by atoms with Gasteiger partial charge >= 0.3 is 0 Å². The number of nitrogens with zero attached hydrogens (tertiary/aromatic N) is 1. The zero-order valence-electron chi connectivity index (χ0n) is 8.96. The normalized spacial score (nSPS) is 12.1. The molecule has 0 aliphatic heterocycles. The summed E-state index contributed by atoms with van der Waals surface area (Å²) in [7, 11) is 0. The first-order valence-electron chi connectivity index (χ1n) is 4.81. The predicted octanol–water partition coefficient (Wildman–Crippen LogP) is 1.98. The number of hydrogen-bond donors (Lipinski definition) is 1. The standard InChI is InChI=1S/C12H16N2/c1-5-12(13-6-2)11-8-14-10(4)7-9(11)3/h1,7-8,12-13H,6H2,2-4H3. The molecule has 0 aliphatic carbocycles. The van der Waals surface area contributed by atoms with Gasteiger partial charge in [0.1, 0.15) is 0 Å². The molecule has 1 heterocycles. The van der Waals surface area contributed by atoms with Crippen molar-refractivity contribution >= 4 is 0 Å². The van der Waals surface area contributed by atoms with Gasteiger partial charge < -0.3 is 5.32 Å². The Morgan fingerprint density at radius 2 is 2.29 bits per heavy atom. The summed E-state index contributed by atoms with van der Waals surface area (Å²) in [5.41, 5.74) is 3.32. The molecule has 2 nitrogen and oxygen atoms in total. The molecule has 1 N–H and O–H groups in total. The van der Waals surface area contributed by atoms with Crippen molar-refractivity contribution in [2.45, 2.75) is 26.8 Å². The predicted molar refractivity (Wildman–Crippen MR) is 59.0 cm³/mol. The van der Waals surface area contributed by atoms with Crippen LogP contribution in [0.25, 0.3) is 0 Å². The van der Waals surface area contributed by atoms with Gasteiger partial charge in [-0.15, -0.1) is 6.42 Å². The summed E-state index contributed by atoms with van der Waals surface area (Å²) in [6.45, 7) is 6.95. The summed E-state index contributed by atoms with van der Waals surface area (Å²) in [6.07, 6.45) is 7.32. The summed E-state index contributed by atoms with van der Waals surface area (Å²) in [6, 6.07) is 2.03. The number of terminal acetylenes is 1. The van der Waals surface area contributed by atoms with E-state index in [0.717, 1.165) is 17.8 Å². The van der Waals surface area contributed by atoms with Gasteiger partial charge in [-0.25, -0.2) is 0 Å². The van der Waals surface area contributed by atoms with E-state index in [1.54, 1.807) is 0 Å². The van der Waals surface area contributed by atoms with E-state index >= 15 is 0 Å². The first-order chi connectivity index (χ1) is 6.69. The van der Waals surface area contributed by atoms with Crippen molar-refractivity contribution in [3.05, 3.63) is 29.1 Å². The second-order valence-electron chi connectivity index (χ2n) is 3.34. The summed E-state index contributed by atoms with van der Waals surface area (Å²) in [5, 5.41) is 3.23. The maximum Gasteiger partial charge on any atom is 0.0960 e. The van der Waals surface area contributed by atoms with Crippen LogP contribution < -0.4 is 5.32 Å². The number of hydrogen-bond acceptors (Lipinski definition) is 2. The fourth-order valence-electron chi connectivity index (χ4n) is 1.47. The minimum Gasteiger partial charge on any atom is -0.300 e. The van der Waals surface area contributed by atoms with Gasteiger partial charge in [-0.05, 0) is 32.0 Å². The van der Waals surface area contributed by atoms with Crippen LogP contribution in [0.5, 0.6) is 0 Å². The van der Waals surface area contributed by atoms with E-state index in [4.69, 9.17) is 6.42 Å². The van der Waals surface area contributed by atoms with Crippen molar-refractivity contribution in [2.24, 2.45) is 0 Å². The van der Waals surface area contributed by atoms with Gasteiger partial charge in [0.15, 0.2) is 0 Å². The summed E-state index contributed by atoms with van der Waals surface area (Å²) in [4.78, 5) is 4.26. The molecular weight excluding hydrogens is 172 g/mol. The molecule has 14 heavy (non-hydrogen) atoms. The van der Waals surface area contributed by atoms with Crippen LogP contribution in [0.2, 0.25) is 0 Å². The van der Waals surface area contributed by atoms with Crippen LogP contribution in [0, 0.1) is 26.2 Å². The first kappa shape index (κ1) is 10.7. The third kappa shape index (κ3) is 2.34. The molecule has 0 aromatic carbocycles. The van der Waals surface area contributed by atoms with Gasteiger partial charge in [0.05, 0.1) is 6.04 Å². The van der Waals surface area contributed by atoms with Crippen molar-refractivity contribution in [3.8, 4) is 12.3 Å². The summed E-state index contributed by atoms with van der Waals surface area (Å²) < 4.78 is 0. The van der Waals surface area contributed by atoms with Crippen LogP contribution in [-0.2, 0) is 0 Å². The molecule has 74 valence electrons. The molecule has 1 aromatic rings. The molecule has 1 rings (SSSR count). The van der Waals surface area contributed by atoms with Crippen LogP contribution in [0.1, 0.15) is 29.8 Å². The van der Waals surface area contributed by atoms with Crippen molar-refractivity contribution in [3.63, 3.8) is 0 Å².